The van der Waals surface area contributed by atoms with Gasteiger partial charge in [0.2, 0.25) is 0 Å². The molecule has 6 heteroatoms. The van der Waals surface area contributed by atoms with E-state index in [0.29, 0.717) is 5.56 Å². The molecule has 0 bridgehead atoms. The van der Waals surface area contributed by atoms with Crippen LogP contribution in [0.3, 0.4) is 0 Å². The summed E-state index contributed by atoms with van der Waals surface area (Å²) in [4.78, 5) is 22.1. The summed E-state index contributed by atoms with van der Waals surface area (Å²) in [5, 5.41) is 10.8. The van der Waals surface area contributed by atoms with E-state index < -0.39 is 10.8 Å². The highest BCUT2D eigenvalue weighted by Gasteiger charge is 2.21. The van der Waals surface area contributed by atoms with E-state index in [9.17, 15) is 14.9 Å². The molecule has 0 aliphatic rings. The zero-order chi connectivity index (χ0) is 17.1. The molecule has 0 saturated heterocycles. The number of aromatic nitrogens is 1. The standard InChI is InChI=1S/C17H21N3O3/c1-4-13(5-2)19-11(3)15(17(18)21)10-16(19)12-6-8-14(9-7-12)20(22)23/h6-10,13H,4-5H2,1-3H3,(H2,18,21). The first kappa shape index (κ1) is 16.7. The third kappa shape index (κ3) is 3.11. The third-order valence-corrected chi connectivity index (χ3v) is 4.24. The average Bonchev–Trinajstić information content (AvgIpc) is 2.87. The zero-order valence-electron chi connectivity index (χ0n) is 13.6. The van der Waals surface area contributed by atoms with Gasteiger partial charge < -0.3 is 10.3 Å². The molecule has 122 valence electrons. The van der Waals surface area contributed by atoms with Crippen molar-refractivity contribution in [2.24, 2.45) is 5.73 Å². The van der Waals surface area contributed by atoms with Crippen molar-refractivity contribution in [1.29, 1.82) is 0 Å². The van der Waals surface area contributed by atoms with Crippen molar-refractivity contribution in [3.8, 4) is 11.3 Å². The van der Waals surface area contributed by atoms with E-state index in [1.165, 1.54) is 12.1 Å². The Labute approximate surface area is 135 Å². The molecule has 2 aromatic rings. The predicted molar refractivity (Wildman–Crippen MR) is 89.4 cm³/mol. The summed E-state index contributed by atoms with van der Waals surface area (Å²) in [6.45, 7) is 6.07. The number of nitro groups is 1. The van der Waals surface area contributed by atoms with Crippen molar-refractivity contribution >= 4 is 11.6 Å². The zero-order valence-corrected chi connectivity index (χ0v) is 13.6. The largest absolute Gasteiger partial charge is 0.366 e. The molecular weight excluding hydrogens is 294 g/mol. The first-order valence-corrected chi connectivity index (χ1v) is 7.67. The van der Waals surface area contributed by atoms with Crippen LogP contribution in [0.4, 0.5) is 5.69 Å². The normalized spacial score (nSPS) is 11.0. The highest BCUT2D eigenvalue weighted by molar-refractivity contribution is 5.95. The minimum atomic E-state index is -0.463. The summed E-state index contributed by atoms with van der Waals surface area (Å²) in [6, 6.07) is 8.37. The first-order valence-electron chi connectivity index (χ1n) is 7.67. The number of hydrogen-bond donors (Lipinski definition) is 1. The molecule has 0 unspecified atom stereocenters. The van der Waals surface area contributed by atoms with Gasteiger partial charge in [-0.3, -0.25) is 14.9 Å². The van der Waals surface area contributed by atoms with Crippen LogP contribution in [0.1, 0.15) is 48.8 Å². The number of hydrogen-bond acceptors (Lipinski definition) is 3. The molecule has 1 amide bonds. The molecule has 1 aromatic heterocycles. The van der Waals surface area contributed by atoms with E-state index in [0.717, 1.165) is 29.8 Å². The fourth-order valence-electron chi connectivity index (χ4n) is 2.97. The number of amides is 1. The highest BCUT2D eigenvalue weighted by Crippen LogP contribution is 2.32. The second-order valence-electron chi connectivity index (χ2n) is 5.54. The van der Waals surface area contributed by atoms with Gasteiger partial charge in [-0.2, -0.15) is 0 Å². The van der Waals surface area contributed by atoms with Gasteiger partial charge in [0.15, 0.2) is 0 Å². The number of rotatable bonds is 6. The second kappa shape index (κ2) is 6.64. The van der Waals surface area contributed by atoms with E-state index in [-0.39, 0.29) is 11.7 Å². The molecule has 1 aromatic carbocycles. The van der Waals surface area contributed by atoms with Crippen LogP contribution in [0, 0.1) is 17.0 Å². The first-order chi connectivity index (χ1) is 10.9. The quantitative estimate of drug-likeness (QED) is 0.648. The number of primary amides is 1. The van der Waals surface area contributed by atoms with Gasteiger partial charge in [0.1, 0.15) is 0 Å². The fraction of sp³-hybridized carbons (Fsp3) is 0.353. The molecule has 0 spiro atoms. The Kier molecular flexibility index (Phi) is 4.83. The second-order valence-corrected chi connectivity index (χ2v) is 5.54. The van der Waals surface area contributed by atoms with Crippen molar-refractivity contribution < 1.29 is 9.72 Å². The topological polar surface area (TPSA) is 91.2 Å². The summed E-state index contributed by atoms with van der Waals surface area (Å²) >= 11 is 0. The maximum atomic E-state index is 11.7. The van der Waals surface area contributed by atoms with Gasteiger partial charge in [-0.05, 0) is 43.5 Å². The number of carbonyl (C=O) groups is 1. The molecule has 1 heterocycles. The molecular formula is C17H21N3O3. The fourth-order valence-corrected chi connectivity index (χ4v) is 2.97. The Balaban J connectivity index is 2.62. The van der Waals surface area contributed by atoms with Gasteiger partial charge in [-0.25, -0.2) is 0 Å². The lowest BCUT2D eigenvalue weighted by Crippen LogP contribution is -2.14. The van der Waals surface area contributed by atoms with Gasteiger partial charge in [0.25, 0.3) is 11.6 Å². The van der Waals surface area contributed by atoms with Crippen LogP contribution in [0.15, 0.2) is 30.3 Å². The minimum Gasteiger partial charge on any atom is -0.366 e. The van der Waals surface area contributed by atoms with Crippen LogP contribution < -0.4 is 5.73 Å². The van der Waals surface area contributed by atoms with E-state index in [1.807, 2.05) is 6.92 Å². The molecule has 0 radical (unpaired) electrons. The van der Waals surface area contributed by atoms with Gasteiger partial charge in [-0.1, -0.05) is 13.8 Å². The maximum absolute atomic E-state index is 11.7. The summed E-state index contributed by atoms with van der Waals surface area (Å²) in [5.74, 6) is -0.463. The Hall–Kier alpha value is -2.63. The van der Waals surface area contributed by atoms with Crippen LogP contribution in [0.25, 0.3) is 11.3 Å². The van der Waals surface area contributed by atoms with Gasteiger partial charge in [-0.15, -0.1) is 0 Å². The molecule has 0 fully saturated rings. The lowest BCUT2D eigenvalue weighted by Gasteiger charge is -2.21. The molecule has 0 atom stereocenters. The Morgan fingerprint density at radius 3 is 2.26 bits per heavy atom. The Bertz CT molecular complexity index is 728. The molecule has 2 rings (SSSR count). The van der Waals surface area contributed by atoms with Crippen molar-refractivity contribution in [3.63, 3.8) is 0 Å². The van der Waals surface area contributed by atoms with Crippen molar-refractivity contribution in [1.82, 2.24) is 4.57 Å². The molecule has 23 heavy (non-hydrogen) atoms. The van der Waals surface area contributed by atoms with Crippen molar-refractivity contribution in [3.05, 3.63) is 51.7 Å². The third-order valence-electron chi connectivity index (χ3n) is 4.24. The minimum absolute atomic E-state index is 0.0428. The summed E-state index contributed by atoms with van der Waals surface area (Å²) in [5.41, 5.74) is 8.54. The van der Waals surface area contributed by atoms with Crippen LogP contribution in [-0.2, 0) is 0 Å². The number of carbonyl (C=O) groups excluding carboxylic acids is 1. The summed E-state index contributed by atoms with van der Waals surface area (Å²) in [6.07, 6.45) is 1.84. The lowest BCUT2D eigenvalue weighted by molar-refractivity contribution is -0.384. The lowest BCUT2D eigenvalue weighted by atomic mass is 10.1. The molecule has 0 aliphatic carbocycles. The number of nitrogens with zero attached hydrogens (tertiary/aromatic N) is 2. The van der Waals surface area contributed by atoms with Crippen molar-refractivity contribution in [2.75, 3.05) is 0 Å². The molecule has 0 aliphatic heterocycles. The molecule has 0 saturated carbocycles. The number of nitro benzene ring substituents is 1. The number of benzene rings is 1. The number of nitrogens with two attached hydrogens (primary N) is 1. The van der Waals surface area contributed by atoms with E-state index in [2.05, 4.69) is 18.4 Å². The van der Waals surface area contributed by atoms with E-state index >= 15 is 0 Å². The maximum Gasteiger partial charge on any atom is 0.269 e. The molecule has 6 nitrogen and oxygen atoms in total. The van der Waals surface area contributed by atoms with Gasteiger partial charge in [0, 0.05) is 29.6 Å². The summed E-state index contributed by atoms with van der Waals surface area (Å²) in [7, 11) is 0. The van der Waals surface area contributed by atoms with Crippen LogP contribution in [-0.4, -0.2) is 15.4 Å². The Morgan fingerprint density at radius 2 is 1.83 bits per heavy atom. The van der Waals surface area contributed by atoms with Crippen LogP contribution in [0.5, 0.6) is 0 Å². The van der Waals surface area contributed by atoms with Crippen molar-refractivity contribution in [2.45, 2.75) is 39.7 Å². The summed E-state index contributed by atoms with van der Waals surface area (Å²) < 4.78 is 2.11. The monoisotopic (exact) mass is 315 g/mol. The van der Waals surface area contributed by atoms with E-state index in [1.54, 1.807) is 18.2 Å². The average molecular weight is 315 g/mol. The van der Waals surface area contributed by atoms with Crippen LogP contribution >= 0.6 is 0 Å². The smallest absolute Gasteiger partial charge is 0.269 e. The number of non-ortho nitro benzene ring substituents is 1. The SMILES string of the molecule is CCC(CC)n1c(-c2ccc([N+](=O)[O-])cc2)cc(C(N)=O)c1C. The Morgan fingerprint density at radius 1 is 1.26 bits per heavy atom. The predicted octanol–water partition coefficient (Wildman–Crippen LogP) is 3.83. The van der Waals surface area contributed by atoms with Gasteiger partial charge in [0.05, 0.1) is 10.5 Å². The highest BCUT2D eigenvalue weighted by atomic mass is 16.6. The molecule has 2 N–H and O–H groups in total. The van der Waals surface area contributed by atoms with Gasteiger partial charge >= 0.3 is 0 Å². The van der Waals surface area contributed by atoms with E-state index in [4.69, 9.17) is 5.73 Å². The van der Waals surface area contributed by atoms with Crippen LogP contribution in [0.2, 0.25) is 0 Å².